The number of aryl methyl sites for hydroxylation is 1. The highest BCUT2D eigenvalue weighted by Crippen LogP contribution is 2.35. The fraction of sp³-hybridized carbons (Fsp3) is 0.217. The Morgan fingerprint density at radius 1 is 1.13 bits per heavy atom. The van der Waals surface area contributed by atoms with E-state index in [1.165, 1.54) is 4.90 Å². The first-order valence-electron chi connectivity index (χ1n) is 9.47. The lowest BCUT2D eigenvalue weighted by Gasteiger charge is -2.16. The summed E-state index contributed by atoms with van der Waals surface area (Å²) in [4.78, 5) is 26.3. The van der Waals surface area contributed by atoms with Gasteiger partial charge in [0.15, 0.2) is 0 Å². The summed E-state index contributed by atoms with van der Waals surface area (Å²) in [5, 5.41) is 11.3. The molecule has 7 heteroatoms. The van der Waals surface area contributed by atoms with Gasteiger partial charge in [-0.2, -0.15) is 0 Å². The second-order valence-electron chi connectivity index (χ2n) is 7.21. The van der Waals surface area contributed by atoms with Gasteiger partial charge in [0.2, 0.25) is 5.91 Å². The van der Waals surface area contributed by atoms with E-state index in [1.54, 1.807) is 19.4 Å². The zero-order chi connectivity index (χ0) is 21.4. The highest BCUT2D eigenvalue weighted by molar-refractivity contribution is 6.30. The second-order valence-corrected chi connectivity index (χ2v) is 7.65. The first kappa shape index (κ1) is 20.2. The molecular weight excluding hydrogens is 406 g/mol. The Balaban J connectivity index is 1.84. The molecule has 154 valence electrons. The highest BCUT2D eigenvalue weighted by atomic mass is 35.5. The van der Waals surface area contributed by atoms with Crippen molar-refractivity contribution in [3.63, 3.8) is 0 Å². The van der Waals surface area contributed by atoms with E-state index in [4.69, 9.17) is 25.5 Å². The summed E-state index contributed by atoms with van der Waals surface area (Å²) in [6.07, 6.45) is 1.57. The zero-order valence-corrected chi connectivity index (χ0v) is 17.3. The monoisotopic (exact) mass is 425 g/mol. The molecule has 0 aliphatic carbocycles. The maximum absolute atomic E-state index is 12.5. The van der Waals surface area contributed by atoms with Gasteiger partial charge in [0.1, 0.15) is 11.2 Å². The minimum Gasteiger partial charge on any atom is -0.464 e. The van der Waals surface area contributed by atoms with Crippen LogP contribution in [0.15, 0.2) is 56.3 Å². The van der Waals surface area contributed by atoms with Crippen molar-refractivity contribution in [2.45, 2.75) is 13.3 Å². The van der Waals surface area contributed by atoms with Crippen LogP contribution in [0, 0.1) is 6.92 Å². The van der Waals surface area contributed by atoms with Gasteiger partial charge >= 0.3 is 5.63 Å². The van der Waals surface area contributed by atoms with Gasteiger partial charge in [0.05, 0.1) is 24.9 Å². The highest BCUT2D eigenvalue weighted by Gasteiger charge is 2.19. The molecule has 0 radical (unpaired) electrons. The van der Waals surface area contributed by atoms with Crippen LogP contribution in [0.5, 0.6) is 0 Å². The van der Waals surface area contributed by atoms with Crippen molar-refractivity contribution in [3.05, 3.63) is 69.2 Å². The predicted octanol–water partition coefficient (Wildman–Crippen LogP) is 4.16. The number of aliphatic hydroxyl groups excluding tert-OH is 1. The number of carbonyl (C=O) groups is 1. The van der Waals surface area contributed by atoms with Gasteiger partial charge in [-0.3, -0.25) is 4.79 Å². The van der Waals surface area contributed by atoms with Gasteiger partial charge in [-0.1, -0.05) is 23.7 Å². The molecule has 4 aromatic rings. The number of furan rings is 1. The lowest BCUT2D eigenvalue weighted by Crippen LogP contribution is -2.32. The Labute approximate surface area is 177 Å². The average molecular weight is 426 g/mol. The van der Waals surface area contributed by atoms with Gasteiger partial charge in [-0.25, -0.2) is 4.79 Å². The van der Waals surface area contributed by atoms with Crippen molar-refractivity contribution in [2.24, 2.45) is 0 Å². The Morgan fingerprint density at radius 2 is 1.87 bits per heavy atom. The van der Waals surface area contributed by atoms with E-state index in [9.17, 15) is 9.59 Å². The molecular formula is C23H20ClNO5. The predicted molar refractivity (Wildman–Crippen MR) is 116 cm³/mol. The number of carbonyl (C=O) groups excluding carboxylic acids is 1. The van der Waals surface area contributed by atoms with Crippen molar-refractivity contribution < 1.29 is 18.7 Å². The smallest absolute Gasteiger partial charge is 0.340 e. The number of rotatable bonds is 5. The molecule has 2 heterocycles. The van der Waals surface area contributed by atoms with E-state index >= 15 is 0 Å². The van der Waals surface area contributed by atoms with Gasteiger partial charge in [-0.15, -0.1) is 0 Å². The van der Waals surface area contributed by atoms with Crippen LogP contribution in [0.1, 0.15) is 11.1 Å². The lowest BCUT2D eigenvalue weighted by atomic mass is 9.99. The number of aliphatic hydroxyl groups is 1. The van der Waals surface area contributed by atoms with Gasteiger partial charge in [0, 0.05) is 41.0 Å². The SMILES string of the molecule is Cc1c(CC(=O)N(C)CCO)c(=O)oc2cc3occ(-c4ccc(Cl)cc4)c3cc12. The molecule has 0 atom stereocenters. The average Bonchev–Trinajstić information content (AvgIpc) is 3.13. The van der Waals surface area contributed by atoms with Crippen molar-refractivity contribution in [1.29, 1.82) is 0 Å². The van der Waals surface area contributed by atoms with E-state index < -0.39 is 5.63 Å². The van der Waals surface area contributed by atoms with Crippen molar-refractivity contribution >= 4 is 39.4 Å². The molecule has 0 saturated heterocycles. The number of benzene rings is 2. The number of hydrogen-bond donors (Lipinski definition) is 1. The third-order valence-corrected chi connectivity index (χ3v) is 5.58. The third-order valence-electron chi connectivity index (χ3n) is 5.33. The van der Waals surface area contributed by atoms with Crippen LogP contribution in [0.3, 0.4) is 0 Å². The van der Waals surface area contributed by atoms with E-state index in [1.807, 2.05) is 37.3 Å². The number of fused-ring (bicyclic) bond motifs is 2. The summed E-state index contributed by atoms with van der Waals surface area (Å²) in [5.74, 6) is -0.259. The number of likely N-dealkylation sites (N-methyl/N-ethyl adjacent to an activating group) is 1. The first-order chi connectivity index (χ1) is 14.4. The molecule has 0 saturated carbocycles. The van der Waals surface area contributed by atoms with E-state index in [-0.39, 0.29) is 25.5 Å². The molecule has 2 aromatic heterocycles. The lowest BCUT2D eigenvalue weighted by molar-refractivity contribution is -0.129. The van der Waals surface area contributed by atoms with Crippen LogP contribution in [-0.4, -0.2) is 36.1 Å². The third kappa shape index (κ3) is 3.60. The summed E-state index contributed by atoms with van der Waals surface area (Å²) in [5.41, 5.74) is 3.31. The number of halogens is 1. The second kappa shape index (κ2) is 7.97. The molecule has 4 rings (SSSR count). The van der Waals surface area contributed by atoms with Crippen LogP contribution < -0.4 is 5.63 Å². The number of hydrogen-bond acceptors (Lipinski definition) is 5. The fourth-order valence-electron chi connectivity index (χ4n) is 3.53. The van der Waals surface area contributed by atoms with Crippen LogP contribution in [0.4, 0.5) is 0 Å². The number of amides is 1. The maximum atomic E-state index is 12.5. The fourth-order valence-corrected chi connectivity index (χ4v) is 3.65. The molecule has 0 aliphatic heterocycles. The molecule has 1 N–H and O–H groups in total. The first-order valence-corrected chi connectivity index (χ1v) is 9.85. The van der Waals surface area contributed by atoms with E-state index in [0.29, 0.717) is 27.3 Å². The topological polar surface area (TPSA) is 83.9 Å². The van der Waals surface area contributed by atoms with Gasteiger partial charge in [-0.05, 0) is 36.2 Å². The standard InChI is InChI=1S/C23H20ClNO5/c1-13-16-9-18-19(14-3-5-15(24)6-4-14)12-29-20(18)11-21(16)30-23(28)17(13)10-22(27)25(2)7-8-26/h3-6,9,11-12,26H,7-8,10H2,1-2H3. The summed E-state index contributed by atoms with van der Waals surface area (Å²) in [7, 11) is 1.59. The summed E-state index contributed by atoms with van der Waals surface area (Å²) < 4.78 is 11.2. The van der Waals surface area contributed by atoms with Crippen LogP contribution in [0.2, 0.25) is 5.02 Å². The van der Waals surface area contributed by atoms with E-state index in [0.717, 1.165) is 21.9 Å². The molecule has 6 nitrogen and oxygen atoms in total. The minimum absolute atomic E-state index is 0.0892. The normalized spacial score (nSPS) is 11.3. The van der Waals surface area contributed by atoms with Crippen molar-refractivity contribution in [1.82, 2.24) is 4.90 Å². The summed E-state index contributed by atoms with van der Waals surface area (Å²) >= 11 is 6.00. The van der Waals surface area contributed by atoms with Gasteiger partial charge in [0.25, 0.3) is 0 Å². The molecule has 0 spiro atoms. The van der Waals surface area contributed by atoms with Crippen molar-refractivity contribution in [2.75, 3.05) is 20.2 Å². The molecule has 0 fully saturated rings. The quantitative estimate of drug-likeness (QED) is 0.485. The Kier molecular flexibility index (Phi) is 5.37. The van der Waals surface area contributed by atoms with Crippen LogP contribution in [0.25, 0.3) is 33.1 Å². The van der Waals surface area contributed by atoms with Crippen LogP contribution in [-0.2, 0) is 11.2 Å². The Hall–Kier alpha value is -3.09. The summed E-state index contributed by atoms with van der Waals surface area (Å²) in [6.45, 7) is 1.87. The molecule has 0 bridgehead atoms. The van der Waals surface area contributed by atoms with Crippen molar-refractivity contribution in [3.8, 4) is 11.1 Å². The molecule has 2 aromatic carbocycles. The number of nitrogens with zero attached hydrogens (tertiary/aromatic N) is 1. The van der Waals surface area contributed by atoms with E-state index in [2.05, 4.69) is 0 Å². The molecule has 0 unspecified atom stereocenters. The Morgan fingerprint density at radius 3 is 2.57 bits per heavy atom. The molecule has 0 aliphatic rings. The molecule has 1 amide bonds. The minimum atomic E-state index is -0.547. The Bertz CT molecular complexity index is 1300. The summed E-state index contributed by atoms with van der Waals surface area (Å²) in [6, 6.07) is 11.1. The largest absolute Gasteiger partial charge is 0.464 e. The maximum Gasteiger partial charge on any atom is 0.340 e. The zero-order valence-electron chi connectivity index (χ0n) is 16.6. The van der Waals surface area contributed by atoms with Crippen LogP contribution >= 0.6 is 11.6 Å². The van der Waals surface area contributed by atoms with Gasteiger partial charge < -0.3 is 18.8 Å². The molecule has 30 heavy (non-hydrogen) atoms.